The molecule has 2 rings (SSSR count). The lowest BCUT2D eigenvalue weighted by Gasteiger charge is -2.37. The van der Waals surface area contributed by atoms with Crippen LogP contribution in [0.5, 0.6) is 0 Å². The van der Waals surface area contributed by atoms with Gasteiger partial charge in [-0.05, 0) is 26.0 Å². The molecule has 0 bridgehead atoms. The van der Waals surface area contributed by atoms with Gasteiger partial charge in [-0.2, -0.15) is 0 Å². The van der Waals surface area contributed by atoms with Gasteiger partial charge in [-0.25, -0.2) is 0 Å². The third-order valence-electron chi connectivity index (χ3n) is 3.31. The molecule has 0 N–H and O–H groups in total. The molecule has 0 fully saturated rings. The molecule has 2 heteroatoms. The van der Waals surface area contributed by atoms with Crippen molar-refractivity contribution in [2.45, 2.75) is 26.3 Å². The number of terminal acetylenes is 1. The summed E-state index contributed by atoms with van der Waals surface area (Å²) in [5, 5.41) is 0. The summed E-state index contributed by atoms with van der Waals surface area (Å²) in [6.45, 7) is 6.16. The highest BCUT2D eigenvalue weighted by Gasteiger charge is 2.40. The van der Waals surface area contributed by atoms with Gasteiger partial charge in [0.1, 0.15) is 5.54 Å². The van der Waals surface area contributed by atoms with E-state index in [4.69, 9.17) is 6.42 Å². The summed E-state index contributed by atoms with van der Waals surface area (Å²) >= 11 is 0. The molecule has 0 aromatic rings. The molecule has 0 amide bonds. The van der Waals surface area contributed by atoms with E-state index in [1.165, 1.54) is 0 Å². The van der Waals surface area contributed by atoms with Gasteiger partial charge in [-0.3, -0.25) is 9.98 Å². The molecule has 0 saturated heterocycles. The zero-order valence-electron chi connectivity index (χ0n) is 9.28. The maximum atomic E-state index is 5.52. The van der Waals surface area contributed by atoms with Crippen LogP contribution in [0.2, 0.25) is 0 Å². The predicted molar refractivity (Wildman–Crippen MR) is 64.2 cm³/mol. The first-order chi connectivity index (χ1) is 7.09. The Balaban J connectivity index is 2.60. The molecule has 2 aliphatic rings. The molecule has 2 atom stereocenters. The Morgan fingerprint density at radius 1 is 1.53 bits per heavy atom. The quantitative estimate of drug-likeness (QED) is 0.534. The molecule has 15 heavy (non-hydrogen) atoms. The average Bonchev–Trinajstić information content (AvgIpc) is 2.21. The van der Waals surface area contributed by atoms with E-state index >= 15 is 0 Å². The minimum atomic E-state index is -0.282. The first-order valence-corrected chi connectivity index (χ1v) is 5.08. The van der Waals surface area contributed by atoms with E-state index in [-0.39, 0.29) is 11.5 Å². The lowest BCUT2D eigenvalue weighted by atomic mass is 9.75. The number of fused-ring (bicyclic) bond motifs is 1. The van der Waals surface area contributed by atoms with Crippen molar-refractivity contribution >= 4 is 11.9 Å². The zero-order chi connectivity index (χ0) is 11.1. The van der Waals surface area contributed by atoms with Crippen molar-refractivity contribution in [2.24, 2.45) is 15.9 Å². The number of nitrogens with zero attached hydrogens (tertiary/aromatic N) is 2. The van der Waals surface area contributed by atoms with E-state index in [1.54, 1.807) is 0 Å². The van der Waals surface area contributed by atoms with Crippen LogP contribution in [-0.4, -0.2) is 17.5 Å². The van der Waals surface area contributed by atoms with Crippen LogP contribution < -0.4 is 0 Å². The van der Waals surface area contributed by atoms with Crippen molar-refractivity contribution in [3.8, 4) is 12.3 Å². The number of rotatable bonds is 0. The smallest absolute Gasteiger partial charge is 0.107 e. The van der Waals surface area contributed by atoms with Crippen molar-refractivity contribution in [3.05, 3.63) is 23.4 Å². The maximum absolute atomic E-state index is 5.52. The van der Waals surface area contributed by atoms with Gasteiger partial charge in [-0.15, -0.1) is 6.42 Å². The molecular formula is C13H14N2. The van der Waals surface area contributed by atoms with Crippen LogP contribution >= 0.6 is 0 Å². The third-order valence-corrected chi connectivity index (χ3v) is 3.31. The summed E-state index contributed by atoms with van der Waals surface area (Å²) in [7, 11) is 0. The van der Waals surface area contributed by atoms with Crippen molar-refractivity contribution in [1.29, 1.82) is 0 Å². The minimum Gasteiger partial charge on any atom is -0.280 e. The van der Waals surface area contributed by atoms with E-state index in [0.717, 1.165) is 17.0 Å². The van der Waals surface area contributed by atoms with Gasteiger partial charge in [0, 0.05) is 23.4 Å². The van der Waals surface area contributed by atoms with Crippen LogP contribution in [-0.2, 0) is 0 Å². The fourth-order valence-electron chi connectivity index (χ4n) is 2.12. The maximum Gasteiger partial charge on any atom is 0.107 e. The summed E-state index contributed by atoms with van der Waals surface area (Å²) in [5.74, 6) is 2.95. The number of allylic oxidation sites excluding steroid dienone is 2. The van der Waals surface area contributed by atoms with Gasteiger partial charge in [0.05, 0.1) is 5.71 Å². The summed E-state index contributed by atoms with van der Waals surface area (Å²) in [5.41, 5.74) is 2.64. The fraction of sp³-hybridized carbons (Fsp3) is 0.385. The number of hydrogen-bond acceptors (Lipinski definition) is 2. The molecule has 0 radical (unpaired) electrons. The summed E-state index contributed by atoms with van der Waals surface area (Å²) in [6.07, 6.45) is 11.3. The van der Waals surface area contributed by atoms with E-state index in [9.17, 15) is 0 Å². The molecule has 2 unspecified atom stereocenters. The Bertz CT molecular complexity index is 457. The number of aliphatic imine (C=N–C) groups is 2. The molecule has 0 aromatic heterocycles. The first kappa shape index (κ1) is 9.92. The van der Waals surface area contributed by atoms with Crippen molar-refractivity contribution < 1.29 is 0 Å². The van der Waals surface area contributed by atoms with E-state index < -0.39 is 0 Å². The molecule has 0 saturated carbocycles. The second-order valence-electron chi connectivity index (χ2n) is 4.15. The van der Waals surface area contributed by atoms with Gasteiger partial charge in [-0.1, -0.05) is 12.8 Å². The standard InChI is InChI=1S/C13H14N2/c1-5-11-9(2)13(4)12(15-10(11)3)7-6-8-14-13/h1,6-9H,2-4H3. The van der Waals surface area contributed by atoms with Crippen LogP contribution in [0.4, 0.5) is 0 Å². The largest absolute Gasteiger partial charge is 0.280 e. The average molecular weight is 198 g/mol. The second-order valence-corrected chi connectivity index (χ2v) is 4.15. The predicted octanol–water partition coefficient (Wildman–Crippen LogP) is 2.38. The van der Waals surface area contributed by atoms with Crippen LogP contribution in [0.3, 0.4) is 0 Å². The number of hydrogen-bond donors (Lipinski definition) is 0. The zero-order valence-corrected chi connectivity index (χ0v) is 9.28. The van der Waals surface area contributed by atoms with Crippen molar-refractivity contribution in [3.63, 3.8) is 0 Å². The summed E-state index contributed by atoms with van der Waals surface area (Å²) in [4.78, 5) is 9.06. The Morgan fingerprint density at radius 3 is 2.93 bits per heavy atom. The van der Waals surface area contributed by atoms with Gasteiger partial charge >= 0.3 is 0 Å². The summed E-state index contributed by atoms with van der Waals surface area (Å²) < 4.78 is 0. The van der Waals surface area contributed by atoms with Crippen LogP contribution in [0.25, 0.3) is 0 Å². The molecule has 2 heterocycles. The topological polar surface area (TPSA) is 24.7 Å². The molecule has 0 aromatic carbocycles. The molecule has 2 aliphatic heterocycles. The normalized spacial score (nSPS) is 33.5. The highest BCUT2D eigenvalue weighted by atomic mass is 14.9. The van der Waals surface area contributed by atoms with Crippen LogP contribution in [0.1, 0.15) is 20.8 Å². The lowest BCUT2D eigenvalue weighted by molar-refractivity contribution is 0.472. The highest BCUT2D eigenvalue weighted by Crippen LogP contribution is 2.36. The Kier molecular flexibility index (Phi) is 2.12. The Hall–Kier alpha value is -1.62. The molecular weight excluding hydrogens is 184 g/mol. The number of dihydropyridines is 1. The van der Waals surface area contributed by atoms with E-state index in [0.29, 0.717) is 0 Å². The highest BCUT2D eigenvalue weighted by molar-refractivity contribution is 6.09. The third kappa shape index (κ3) is 1.27. The van der Waals surface area contributed by atoms with E-state index in [2.05, 4.69) is 29.8 Å². The van der Waals surface area contributed by atoms with Gasteiger partial charge in [0.15, 0.2) is 0 Å². The van der Waals surface area contributed by atoms with Crippen LogP contribution in [0, 0.1) is 18.3 Å². The van der Waals surface area contributed by atoms with Crippen LogP contribution in [0.15, 0.2) is 33.4 Å². The van der Waals surface area contributed by atoms with Crippen molar-refractivity contribution in [2.75, 3.05) is 0 Å². The lowest BCUT2D eigenvalue weighted by Crippen LogP contribution is -2.43. The van der Waals surface area contributed by atoms with Gasteiger partial charge in [0.25, 0.3) is 0 Å². The summed E-state index contributed by atoms with van der Waals surface area (Å²) in [6, 6.07) is 0. The molecule has 0 spiro atoms. The van der Waals surface area contributed by atoms with Crippen molar-refractivity contribution in [1.82, 2.24) is 0 Å². The Morgan fingerprint density at radius 2 is 2.27 bits per heavy atom. The van der Waals surface area contributed by atoms with Gasteiger partial charge in [0.2, 0.25) is 0 Å². The molecule has 76 valence electrons. The van der Waals surface area contributed by atoms with Gasteiger partial charge < -0.3 is 0 Å². The molecule has 2 nitrogen and oxygen atoms in total. The minimum absolute atomic E-state index is 0.219. The van der Waals surface area contributed by atoms with E-state index in [1.807, 2.05) is 25.3 Å². The molecule has 0 aliphatic carbocycles. The monoisotopic (exact) mass is 198 g/mol. The fourth-order valence-corrected chi connectivity index (χ4v) is 2.12. The Labute approximate surface area is 90.5 Å². The SMILES string of the molecule is C#CC1=C(C)N=C2C=CC=NC2(C)C1C. The first-order valence-electron chi connectivity index (χ1n) is 5.08. The second kappa shape index (κ2) is 3.20.